The number of nitrogens with zero attached hydrogens (tertiary/aromatic N) is 1. The van der Waals surface area contributed by atoms with Gasteiger partial charge < -0.3 is 10.2 Å². The average molecular weight is 312 g/mol. The fraction of sp³-hybridized carbons (Fsp3) is 0.733. The van der Waals surface area contributed by atoms with Gasteiger partial charge in [-0.25, -0.2) is 0 Å². The smallest absolute Gasteiger partial charge is 0.245 e. The fourth-order valence-corrected chi connectivity index (χ4v) is 4.16. The molecule has 0 aromatic heterocycles. The molecule has 1 aliphatic carbocycles. The zero-order chi connectivity index (χ0) is 15.5. The SMILES string of the molecule is C=CC(=O)N1CCC(C(=O)NCC2(S(C)=O)CCC2)CC1. The Morgan fingerprint density at radius 2 is 2.00 bits per heavy atom. The summed E-state index contributed by atoms with van der Waals surface area (Å²) in [7, 11) is -0.895. The monoisotopic (exact) mass is 312 g/mol. The summed E-state index contributed by atoms with van der Waals surface area (Å²) in [5.74, 6) is -0.0673. The van der Waals surface area contributed by atoms with Crippen LogP contribution >= 0.6 is 0 Å². The summed E-state index contributed by atoms with van der Waals surface area (Å²) in [4.78, 5) is 25.4. The van der Waals surface area contributed by atoms with Crippen LogP contribution in [0, 0.1) is 5.92 Å². The van der Waals surface area contributed by atoms with E-state index in [1.165, 1.54) is 6.08 Å². The first-order valence-corrected chi connectivity index (χ1v) is 9.07. The Kier molecular flexibility index (Phi) is 5.19. The number of amides is 2. The largest absolute Gasteiger partial charge is 0.354 e. The van der Waals surface area contributed by atoms with Gasteiger partial charge in [0.1, 0.15) is 0 Å². The molecule has 1 unspecified atom stereocenters. The van der Waals surface area contributed by atoms with Crippen molar-refractivity contribution in [2.24, 2.45) is 5.92 Å². The molecule has 21 heavy (non-hydrogen) atoms. The molecule has 2 amide bonds. The van der Waals surface area contributed by atoms with Crippen LogP contribution in [-0.4, -0.2) is 51.6 Å². The predicted octanol–water partition coefficient (Wildman–Crippen LogP) is 0.828. The van der Waals surface area contributed by atoms with Gasteiger partial charge in [0.2, 0.25) is 11.8 Å². The molecule has 118 valence electrons. The number of piperidine rings is 1. The van der Waals surface area contributed by atoms with Crippen LogP contribution < -0.4 is 5.32 Å². The van der Waals surface area contributed by atoms with E-state index in [0.717, 1.165) is 19.3 Å². The lowest BCUT2D eigenvalue weighted by Gasteiger charge is -2.40. The van der Waals surface area contributed by atoms with Crippen molar-refractivity contribution in [3.8, 4) is 0 Å². The second-order valence-corrected chi connectivity index (χ2v) is 7.79. The van der Waals surface area contributed by atoms with Crippen molar-refractivity contribution >= 4 is 22.6 Å². The van der Waals surface area contributed by atoms with Crippen molar-refractivity contribution in [1.82, 2.24) is 10.2 Å². The van der Waals surface area contributed by atoms with Gasteiger partial charge >= 0.3 is 0 Å². The molecule has 2 fully saturated rings. The number of rotatable bonds is 5. The predicted molar refractivity (Wildman–Crippen MR) is 83.2 cm³/mol. The molecule has 2 rings (SSSR count). The van der Waals surface area contributed by atoms with Crippen LogP contribution in [0.2, 0.25) is 0 Å². The van der Waals surface area contributed by atoms with Crippen LogP contribution in [0.5, 0.6) is 0 Å². The minimum absolute atomic E-state index is 0.0393. The van der Waals surface area contributed by atoms with Gasteiger partial charge in [-0.1, -0.05) is 13.0 Å². The van der Waals surface area contributed by atoms with Gasteiger partial charge in [-0.2, -0.15) is 0 Å². The van der Waals surface area contributed by atoms with Crippen molar-refractivity contribution in [3.63, 3.8) is 0 Å². The number of carbonyl (C=O) groups is 2. The summed E-state index contributed by atoms with van der Waals surface area (Å²) in [5.41, 5.74) is 0. The lowest BCUT2D eigenvalue weighted by molar-refractivity contribution is -0.132. The lowest BCUT2D eigenvalue weighted by atomic mass is 9.84. The molecule has 1 atom stereocenters. The Morgan fingerprint density at radius 3 is 2.43 bits per heavy atom. The van der Waals surface area contributed by atoms with E-state index in [4.69, 9.17) is 0 Å². The Bertz CT molecular complexity index is 452. The van der Waals surface area contributed by atoms with Crippen molar-refractivity contribution in [2.45, 2.75) is 36.9 Å². The molecular weight excluding hydrogens is 288 g/mol. The highest BCUT2D eigenvalue weighted by molar-refractivity contribution is 7.85. The van der Waals surface area contributed by atoms with Crippen molar-refractivity contribution < 1.29 is 13.8 Å². The molecular formula is C15H24N2O3S. The molecule has 1 heterocycles. The van der Waals surface area contributed by atoms with Gasteiger partial charge in [-0.05, 0) is 31.8 Å². The Labute approximate surface area is 128 Å². The minimum atomic E-state index is -0.895. The first-order chi connectivity index (χ1) is 9.98. The molecule has 2 aliphatic rings. The summed E-state index contributed by atoms with van der Waals surface area (Å²) in [5, 5.41) is 2.98. The second kappa shape index (κ2) is 6.73. The maximum atomic E-state index is 12.2. The molecule has 0 aromatic carbocycles. The van der Waals surface area contributed by atoms with Crippen LogP contribution in [0.3, 0.4) is 0 Å². The first-order valence-electron chi connectivity index (χ1n) is 7.51. The van der Waals surface area contributed by atoms with Crippen molar-refractivity contribution in [3.05, 3.63) is 12.7 Å². The standard InChI is InChI=1S/C15H24N2O3S/c1-3-13(18)17-9-5-12(6-10-17)14(19)16-11-15(21(2)20)7-4-8-15/h3,12H,1,4-11H2,2H3,(H,16,19). The maximum Gasteiger partial charge on any atom is 0.245 e. The topological polar surface area (TPSA) is 66.5 Å². The summed E-state index contributed by atoms with van der Waals surface area (Å²) in [6.45, 7) is 5.20. The van der Waals surface area contributed by atoms with Gasteiger partial charge in [0.25, 0.3) is 0 Å². The van der Waals surface area contributed by atoms with E-state index < -0.39 is 10.8 Å². The van der Waals surface area contributed by atoms with E-state index >= 15 is 0 Å². The molecule has 0 radical (unpaired) electrons. The zero-order valence-electron chi connectivity index (χ0n) is 12.6. The highest BCUT2D eigenvalue weighted by atomic mass is 32.2. The molecule has 1 N–H and O–H groups in total. The van der Waals surface area contributed by atoms with Crippen LogP contribution in [0.1, 0.15) is 32.1 Å². The third kappa shape index (κ3) is 3.54. The Morgan fingerprint density at radius 1 is 1.38 bits per heavy atom. The average Bonchev–Trinajstić information content (AvgIpc) is 2.44. The first kappa shape index (κ1) is 16.2. The van der Waals surface area contributed by atoms with Crippen LogP contribution in [0.25, 0.3) is 0 Å². The van der Waals surface area contributed by atoms with Crippen molar-refractivity contribution in [2.75, 3.05) is 25.9 Å². The molecule has 1 saturated heterocycles. The molecule has 0 aromatic rings. The molecule has 1 saturated carbocycles. The van der Waals surface area contributed by atoms with Crippen LogP contribution in [-0.2, 0) is 20.4 Å². The third-order valence-electron chi connectivity index (χ3n) is 4.81. The van der Waals surface area contributed by atoms with Gasteiger partial charge in [-0.3, -0.25) is 13.8 Å². The summed E-state index contributed by atoms with van der Waals surface area (Å²) >= 11 is 0. The van der Waals surface area contributed by atoms with Gasteiger partial charge in [0.15, 0.2) is 0 Å². The second-order valence-electron chi connectivity index (χ2n) is 6.01. The number of nitrogens with one attached hydrogen (secondary N) is 1. The molecule has 1 aliphatic heterocycles. The molecule has 0 spiro atoms. The molecule has 0 bridgehead atoms. The quantitative estimate of drug-likeness (QED) is 0.765. The zero-order valence-corrected chi connectivity index (χ0v) is 13.4. The summed E-state index contributed by atoms with van der Waals surface area (Å²) < 4.78 is 11.6. The Hall–Kier alpha value is -1.17. The van der Waals surface area contributed by atoms with Crippen LogP contribution in [0.15, 0.2) is 12.7 Å². The minimum Gasteiger partial charge on any atom is -0.354 e. The van der Waals surface area contributed by atoms with E-state index in [1.54, 1.807) is 11.2 Å². The number of carbonyl (C=O) groups excluding carboxylic acids is 2. The lowest BCUT2D eigenvalue weighted by Crippen LogP contribution is -2.52. The van der Waals surface area contributed by atoms with Gasteiger partial charge in [0.05, 0.1) is 4.75 Å². The normalized spacial score (nSPS) is 23.0. The number of likely N-dealkylation sites (tertiary alicyclic amines) is 1. The van der Waals surface area contributed by atoms with E-state index in [2.05, 4.69) is 11.9 Å². The van der Waals surface area contributed by atoms with E-state index in [9.17, 15) is 13.8 Å². The maximum absolute atomic E-state index is 12.2. The summed E-state index contributed by atoms with van der Waals surface area (Å²) in [6.07, 6.45) is 7.38. The molecule has 5 nitrogen and oxygen atoms in total. The van der Waals surface area contributed by atoms with Gasteiger partial charge in [0, 0.05) is 42.6 Å². The van der Waals surface area contributed by atoms with E-state index in [0.29, 0.717) is 32.5 Å². The van der Waals surface area contributed by atoms with Crippen molar-refractivity contribution in [1.29, 1.82) is 0 Å². The number of hydrogen-bond acceptors (Lipinski definition) is 3. The fourth-order valence-electron chi connectivity index (χ4n) is 3.02. The van der Waals surface area contributed by atoms with Crippen LogP contribution in [0.4, 0.5) is 0 Å². The Balaban J connectivity index is 1.79. The highest BCUT2D eigenvalue weighted by Crippen LogP contribution is 2.36. The van der Waals surface area contributed by atoms with Gasteiger partial charge in [-0.15, -0.1) is 0 Å². The van der Waals surface area contributed by atoms with E-state index in [-0.39, 0.29) is 22.5 Å². The summed E-state index contributed by atoms with van der Waals surface area (Å²) in [6, 6.07) is 0. The van der Waals surface area contributed by atoms with E-state index in [1.807, 2.05) is 0 Å². The number of hydrogen-bond donors (Lipinski definition) is 1. The molecule has 6 heteroatoms. The highest BCUT2D eigenvalue weighted by Gasteiger charge is 2.41. The third-order valence-corrected chi connectivity index (χ3v) is 6.58.